The summed E-state index contributed by atoms with van der Waals surface area (Å²) in [5, 5.41) is 13.3. The van der Waals surface area contributed by atoms with E-state index in [0.717, 1.165) is 23.4 Å². The summed E-state index contributed by atoms with van der Waals surface area (Å²) in [6, 6.07) is 11.9. The van der Waals surface area contributed by atoms with Crippen LogP contribution in [0.25, 0.3) is 5.69 Å². The number of aromatic nitrogens is 2. The minimum atomic E-state index is -4.37. The van der Waals surface area contributed by atoms with E-state index in [1.807, 2.05) is 20.0 Å². The molecule has 0 radical (unpaired) electrons. The van der Waals surface area contributed by atoms with Gasteiger partial charge < -0.3 is 9.84 Å². The first-order valence-corrected chi connectivity index (χ1v) is 9.81. The van der Waals surface area contributed by atoms with Crippen molar-refractivity contribution in [2.75, 3.05) is 6.61 Å². The van der Waals surface area contributed by atoms with E-state index < -0.39 is 17.7 Å². The summed E-state index contributed by atoms with van der Waals surface area (Å²) < 4.78 is 45.6. The van der Waals surface area contributed by atoms with Gasteiger partial charge in [-0.25, -0.2) is 4.68 Å². The maximum absolute atomic E-state index is 12.8. The lowest BCUT2D eigenvalue weighted by Crippen LogP contribution is -2.05. The van der Waals surface area contributed by atoms with Gasteiger partial charge in [0.1, 0.15) is 5.75 Å². The summed E-state index contributed by atoms with van der Waals surface area (Å²) >= 11 is 0. The van der Waals surface area contributed by atoms with Crippen molar-refractivity contribution in [2.24, 2.45) is 0 Å². The van der Waals surface area contributed by atoms with E-state index in [-0.39, 0.29) is 12.3 Å². The first-order chi connectivity index (χ1) is 14.6. The number of hydrogen-bond acceptors (Lipinski definition) is 3. The van der Waals surface area contributed by atoms with E-state index in [1.54, 1.807) is 28.9 Å². The van der Waals surface area contributed by atoms with Crippen LogP contribution >= 0.6 is 0 Å². The molecule has 1 heterocycles. The van der Waals surface area contributed by atoms with Crippen molar-refractivity contribution in [3.63, 3.8) is 0 Å². The number of hydrogen-bond donors (Lipinski definition) is 1. The fourth-order valence-electron chi connectivity index (χ4n) is 3.32. The quantitative estimate of drug-likeness (QED) is 0.518. The van der Waals surface area contributed by atoms with Gasteiger partial charge in [0.25, 0.3) is 0 Å². The number of halogens is 3. The molecule has 0 aliphatic heterocycles. The minimum absolute atomic E-state index is 0.0596. The van der Waals surface area contributed by atoms with Crippen LogP contribution in [0.3, 0.4) is 0 Å². The minimum Gasteiger partial charge on any atom is -0.494 e. The molecule has 164 valence electrons. The van der Waals surface area contributed by atoms with Crippen LogP contribution in [0.15, 0.2) is 54.7 Å². The Morgan fingerprint density at radius 3 is 2.55 bits per heavy atom. The van der Waals surface area contributed by atoms with Gasteiger partial charge in [-0.05, 0) is 66.8 Å². The van der Waals surface area contributed by atoms with Crippen LogP contribution in [0.2, 0.25) is 0 Å². The summed E-state index contributed by atoms with van der Waals surface area (Å²) in [6.45, 7) is 4.33. The van der Waals surface area contributed by atoms with Gasteiger partial charge in [-0.15, -0.1) is 0 Å². The highest BCUT2D eigenvalue weighted by Crippen LogP contribution is 2.30. The smallest absolute Gasteiger partial charge is 0.416 e. The Morgan fingerprint density at radius 1 is 1.19 bits per heavy atom. The molecule has 0 aliphatic rings. The predicted molar refractivity (Wildman–Crippen MR) is 110 cm³/mol. The van der Waals surface area contributed by atoms with Gasteiger partial charge in [0, 0.05) is 6.20 Å². The van der Waals surface area contributed by atoms with Gasteiger partial charge in [-0.3, -0.25) is 4.79 Å². The molecule has 1 N–H and O–H groups in total. The Balaban J connectivity index is 1.62. The van der Waals surface area contributed by atoms with Crippen molar-refractivity contribution in [3.8, 4) is 11.4 Å². The summed E-state index contributed by atoms with van der Waals surface area (Å²) in [5.74, 6) is -0.167. The molecule has 0 saturated carbocycles. The second-order valence-electron chi connectivity index (χ2n) is 7.42. The van der Waals surface area contributed by atoms with E-state index in [4.69, 9.17) is 9.84 Å². The van der Waals surface area contributed by atoms with Crippen molar-refractivity contribution < 1.29 is 27.8 Å². The molecule has 3 aromatic rings. The lowest BCUT2D eigenvalue weighted by Gasteiger charge is -2.12. The SMILES string of the molecule is Cc1nn(-c2ccc(C(F)(F)F)cc2)cc1C(C)CCOc1cccc(CC(=O)O)c1. The average molecular weight is 432 g/mol. The van der Waals surface area contributed by atoms with Crippen LogP contribution in [0.4, 0.5) is 13.2 Å². The van der Waals surface area contributed by atoms with Crippen molar-refractivity contribution in [1.29, 1.82) is 0 Å². The zero-order valence-electron chi connectivity index (χ0n) is 17.2. The third-order valence-electron chi connectivity index (χ3n) is 5.00. The van der Waals surface area contributed by atoms with E-state index in [2.05, 4.69) is 5.10 Å². The third kappa shape index (κ3) is 5.87. The lowest BCUT2D eigenvalue weighted by atomic mass is 9.99. The molecular formula is C23H23F3N2O3. The molecule has 0 fully saturated rings. The zero-order chi connectivity index (χ0) is 22.6. The first-order valence-electron chi connectivity index (χ1n) is 9.81. The van der Waals surface area contributed by atoms with Crippen LogP contribution in [0.5, 0.6) is 5.75 Å². The fourth-order valence-corrected chi connectivity index (χ4v) is 3.32. The molecule has 0 bridgehead atoms. The molecule has 5 nitrogen and oxygen atoms in total. The van der Waals surface area contributed by atoms with Crippen LogP contribution in [-0.2, 0) is 17.4 Å². The summed E-state index contributed by atoms with van der Waals surface area (Å²) in [5.41, 5.74) is 2.32. The van der Waals surface area contributed by atoms with Gasteiger partial charge in [0.05, 0.1) is 30.0 Å². The molecule has 31 heavy (non-hydrogen) atoms. The van der Waals surface area contributed by atoms with E-state index >= 15 is 0 Å². The normalized spacial score (nSPS) is 12.5. The van der Waals surface area contributed by atoms with Crippen LogP contribution in [0.1, 0.15) is 41.6 Å². The Morgan fingerprint density at radius 2 is 1.90 bits per heavy atom. The number of rotatable bonds is 8. The van der Waals surface area contributed by atoms with Crippen molar-refractivity contribution in [3.05, 3.63) is 77.1 Å². The Kier molecular flexibility index (Phi) is 6.68. The third-order valence-corrected chi connectivity index (χ3v) is 5.00. The average Bonchev–Trinajstić information content (AvgIpc) is 3.09. The van der Waals surface area contributed by atoms with Gasteiger partial charge in [-0.2, -0.15) is 18.3 Å². The van der Waals surface area contributed by atoms with E-state index in [1.165, 1.54) is 12.1 Å². The van der Waals surface area contributed by atoms with Gasteiger partial charge in [0.2, 0.25) is 0 Å². The highest BCUT2D eigenvalue weighted by molar-refractivity contribution is 5.70. The lowest BCUT2D eigenvalue weighted by molar-refractivity contribution is -0.138. The van der Waals surface area contributed by atoms with Crippen LogP contribution in [-0.4, -0.2) is 27.5 Å². The number of carboxylic acids is 1. The number of alkyl halides is 3. The highest BCUT2D eigenvalue weighted by atomic mass is 19.4. The standard InChI is InChI=1S/C23H23F3N2O3/c1-15(10-11-31-20-5-3-4-17(12-20)13-22(29)30)21-14-28(27-16(21)2)19-8-6-18(7-9-19)23(24,25)26/h3-9,12,14-15H,10-11,13H2,1-2H3,(H,29,30). The molecule has 0 spiro atoms. The zero-order valence-corrected chi connectivity index (χ0v) is 17.2. The topological polar surface area (TPSA) is 64.4 Å². The van der Waals surface area contributed by atoms with Crippen LogP contribution in [0, 0.1) is 6.92 Å². The molecule has 1 unspecified atom stereocenters. The number of carbonyl (C=O) groups is 1. The van der Waals surface area contributed by atoms with E-state index in [0.29, 0.717) is 30.0 Å². The van der Waals surface area contributed by atoms with Crippen LogP contribution < -0.4 is 4.74 Å². The molecule has 0 saturated heterocycles. The fraction of sp³-hybridized carbons (Fsp3) is 0.304. The van der Waals surface area contributed by atoms with Crippen molar-refractivity contribution in [1.82, 2.24) is 9.78 Å². The Bertz CT molecular complexity index is 1040. The van der Waals surface area contributed by atoms with Gasteiger partial charge in [-0.1, -0.05) is 19.1 Å². The van der Waals surface area contributed by atoms with Crippen molar-refractivity contribution >= 4 is 5.97 Å². The summed E-state index contributed by atoms with van der Waals surface area (Å²) in [4.78, 5) is 10.8. The summed E-state index contributed by atoms with van der Waals surface area (Å²) in [6.07, 6.45) is -1.90. The Labute approximate surface area is 178 Å². The summed E-state index contributed by atoms with van der Waals surface area (Å²) in [7, 11) is 0. The maximum atomic E-state index is 12.8. The van der Waals surface area contributed by atoms with Gasteiger partial charge >= 0.3 is 12.1 Å². The number of carboxylic acid groups (broad SMARTS) is 1. The number of aliphatic carboxylic acids is 1. The first kappa shape index (κ1) is 22.4. The second-order valence-corrected chi connectivity index (χ2v) is 7.42. The number of nitrogens with zero attached hydrogens (tertiary/aromatic N) is 2. The molecular weight excluding hydrogens is 409 g/mol. The number of ether oxygens (including phenoxy) is 1. The predicted octanol–water partition coefficient (Wildman–Crippen LogP) is 5.40. The molecule has 8 heteroatoms. The molecule has 0 amide bonds. The van der Waals surface area contributed by atoms with E-state index in [9.17, 15) is 18.0 Å². The molecule has 2 aromatic carbocycles. The van der Waals surface area contributed by atoms with Gasteiger partial charge in [0.15, 0.2) is 0 Å². The molecule has 0 aliphatic carbocycles. The number of aryl methyl sites for hydroxylation is 1. The Hall–Kier alpha value is -3.29. The van der Waals surface area contributed by atoms with Crippen molar-refractivity contribution in [2.45, 2.75) is 38.8 Å². The molecule has 1 aromatic heterocycles. The molecule has 3 rings (SSSR count). The second kappa shape index (κ2) is 9.24. The highest BCUT2D eigenvalue weighted by Gasteiger charge is 2.30. The monoisotopic (exact) mass is 432 g/mol. The maximum Gasteiger partial charge on any atom is 0.416 e. The largest absolute Gasteiger partial charge is 0.494 e. The number of benzene rings is 2. The molecule has 1 atom stereocenters.